The molecule has 0 bridgehead atoms. The number of methoxy groups -OCH3 is 1. The molecule has 35 heavy (non-hydrogen) atoms. The van der Waals surface area contributed by atoms with Crippen LogP contribution in [0.3, 0.4) is 0 Å². The number of thiocarbonyl (C=S) groups is 1. The molecule has 1 aromatic rings. The van der Waals surface area contributed by atoms with Gasteiger partial charge in [-0.2, -0.15) is 0 Å². The summed E-state index contributed by atoms with van der Waals surface area (Å²) in [6.07, 6.45) is 2.82. The summed E-state index contributed by atoms with van der Waals surface area (Å²) < 4.78 is 4.87. The van der Waals surface area contributed by atoms with E-state index in [1.165, 1.54) is 23.9 Å². The van der Waals surface area contributed by atoms with Crippen molar-refractivity contribution in [2.24, 2.45) is 11.8 Å². The maximum Gasteiger partial charge on any atom is 0.308 e. The minimum Gasteiger partial charge on any atom is -0.469 e. The van der Waals surface area contributed by atoms with Gasteiger partial charge in [-0.1, -0.05) is 12.1 Å². The molecule has 9 heteroatoms. The second-order valence-corrected chi connectivity index (χ2v) is 10.3. The number of ether oxygens (including phenoxy) is 1. The Bertz CT molecular complexity index is 992. The van der Waals surface area contributed by atoms with E-state index in [2.05, 4.69) is 42.3 Å². The van der Waals surface area contributed by atoms with Crippen molar-refractivity contribution in [2.45, 2.75) is 52.0 Å². The number of rotatable bonds is 6. The van der Waals surface area contributed by atoms with Crippen LogP contribution < -0.4 is 10.2 Å². The number of benzene rings is 1. The Morgan fingerprint density at radius 2 is 1.89 bits per heavy atom. The van der Waals surface area contributed by atoms with Crippen molar-refractivity contribution in [3.8, 4) is 0 Å². The lowest BCUT2D eigenvalue weighted by Gasteiger charge is -2.43. The monoisotopic (exact) mass is 500 g/mol. The molecule has 2 aliphatic heterocycles. The zero-order chi connectivity index (χ0) is 25.1. The van der Waals surface area contributed by atoms with Crippen LogP contribution >= 0.6 is 12.2 Å². The zero-order valence-corrected chi connectivity index (χ0v) is 21.7. The Labute approximate surface area is 212 Å². The van der Waals surface area contributed by atoms with Gasteiger partial charge in [-0.25, -0.2) is 0 Å². The summed E-state index contributed by atoms with van der Waals surface area (Å²) in [5.41, 5.74) is 3.83. The van der Waals surface area contributed by atoms with Gasteiger partial charge in [0.05, 0.1) is 18.9 Å². The maximum absolute atomic E-state index is 13.1. The average Bonchev–Trinajstić information content (AvgIpc) is 2.86. The molecule has 2 heterocycles. The Morgan fingerprint density at radius 3 is 2.60 bits per heavy atom. The number of hydrogen-bond donors (Lipinski definition) is 1. The van der Waals surface area contributed by atoms with E-state index in [1.54, 1.807) is 4.90 Å². The van der Waals surface area contributed by atoms with Crippen LogP contribution in [0.4, 0.5) is 5.69 Å². The first kappa shape index (κ1) is 25.4. The van der Waals surface area contributed by atoms with Crippen LogP contribution in [-0.2, 0) is 19.1 Å². The smallest absolute Gasteiger partial charge is 0.308 e. The van der Waals surface area contributed by atoms with Gasteiger partial charge in [-0.15, -0.1) is 0 Å². The molecule has 4 rings (SSSR count). The molecule has 0 aromatic heterocycles. The predicted molar refractivity (Wildman–Crippen MR) is 138 cm³/mol. The first-order valence-corrected chi connectivity index (χ1v) is 13.0. The Balaban J connectivity index is 1.23. The minimum atomic E-state index is -0.223. The number of fused-ring (bicyclic) bond motifs is 1. The molecule has 1 saturated carbocycles. The van der Waals surface area contributed by atoms with E-state index < -0.39 is 0 Å². The molecule has 3 atom stereocenters. The molecule has 1 aliphatic carbocycles. The van der Waals surface area contributed by atoms with Crippen molar-refractivity contribution in [1.82, 2.24) is 15.1 Å². The third-order valence-corrected chi connectivity index (χ3v) is 8.18. The van der Waals surface area contributed by atoms with Gasteiger partial charge in [0.2, 0.25) is 11.8 Å². The highest BCUT2D eigenvalue weighted by molar-refractivity contribution is 7.80. The lowest BCUT2D eigenvalue weighted by atomic mass is 9.76. The summed E-state index contributed by atoms with van der Waals surface area (Å²) in [4.78, 5) is 43.7. The lowest BCUT2D eigenvalue weighted by Crippen LogP contribution is -2.61. The summed E-state index contributed by atoms with van der Waals surface area (Å²) in [5.74, 6) is -0.457. The lowest BCUT2D eigenvalue weighted by molar-refractivity contribution is -0.149. The van der Waals surface area contributed by atoms with E-state index in [0.29, 0.717) is 56.9 Å². The number of hydrogen-bond acceptors (Lipinski definition) is 6. The largest absolute Gasteiger partial charge is 0.469 e. The summed E-state index contributed by atoms with van der Waals surface area (Å²) in [5, 5.41) is 3.67. The molecule has 3 aliphatic rings. The fraction of sp³-hybridized carbons (Fsp3) is 0.615. The highest BCUT2D eigenvalue weighted by Crippen LogP contribution is 2.33. The van der Waals surface area contributed by atoms with Gasteiger partial charge < -0.3 is 19.9 Å². The molecule has 1 aromatic carbocycles. The maximum atomic E-state index is 13.1. The van der Waals surface area contributed by atoms with Crippen molar-refractivity contribution in [3.63, 3.8) is 0 Å². The number of esters is 1. The Hall–Kier alpha value is -2.68. The van der Waals surface area contributed by atoms with Crippen LogP contribution in [0.25, 0.3) is 0 Å². The second-order valence-electron chi connectivity index (χ2n) is 9.88. The Kier molecular flexibility index (Phi) is 7.94. The van der Waals surface area contributed by atoms with Gasteiger partial charge in [0.1, 0.15) is 0 Å². The zero-order valence-electron chi connectivity index (χ0n) is 20.9. The van der Waals surface area contributed by atoms with Crippen molar-refractivity contribution in [1.29, 1.82) is 0 Å². The van der Waals surface area contributed by atoms with Crippen LogP contribution in [0.2, 0.25) is 0 Å². The van der Waals surface area contributed by atoms with Crippen LogP contribution in [0.5, 0.6) is 0 Å². The number of nitrogens with zero attached hydrogens (tertiary/aromatic N) is 3. The molecule has 0 spiro atoms. The molecule has 3 unspecified atom stereocenters. The second kappa shape index (κ2) is 10.9. The van der Waals surface area contributed by atoms with Crippen molar-refractivity contribution >= 4 is 40.8 Å². The van der Waals surface area contributed by atoms with Crippen LogP contribution in [0, 0.1) is 25.7 Å². The summed E-state index contributed by atoms with van der Waals surface area (Å²) in [6, 6.07) is 6.24. The number of nitrogens with one attached hydrogen (secondary N) is 1. The first-order valence-electron chi connectivity index (χ1n) is 12.6. The van der Waals surface area contributed by atoms with E-state index in [4.69, 9.17) is 17.0 Å². The van der Waals surface area contributed by atoms with E-state index in [-0.39, 0.29) is 35.7 Å². The molecule has 2 amide bonds. The minimum absolute atomic E-state index is 0.0108. The van der Waals surface area contributed by atoms with Crippen LogP contribution in [0.1, 0.15) is 43.2 Å². The third-order valence-electron chi connectivity index (χ3n) is 7.84. The topological polar surface area (TPSA) is 82.2 Å². The van der Waals surface area contributed by atoms with Crippen LogP contribution in [-0.4, -0.2) is 78.6 Å². The van der Waals surface area contributed by atoms with Gasteiger partial charge in [-0.05, 0) is 68.9 Å². The number of amides is 2. The molecular weight excluding hydrogens is 464 g/mol. The quantitative estimate of drug-likeness (QED) is 0.475. The molecule has 1 N–H and O–H groups in total. The number of carbonyl (C=O) groups is 3. The van der Waals surface area contributed by atoms with E-state index in [1.807, 2.05) is 4.90 Å². The molecule has 0 radical (unpaired) electrons. The summed E-state index contributed by atoms with van der Waals surface area (Å²) >= 11 is 5.47. The standard InChI is InChI=1S/C26H36N4O4S/c1-17-6-4-7-22(18(17)2)28-12-14-29(15-13-28)23(31)8-5-11-30-24(32)20-10-9-19(25(33)34-3)16-21(20)27-26(30)35/h4,6-7,19-21H,5,8-16H2,1-3H3,(H,27,35). The predicted octanol–water partition coefficient (Wildman–Crippen LogP) is 2.41. The van der Waals surface area contributed by atoms with Gasteiger partial charge in [-0.3, -0.25) is 19.3 Å². The molecule has 2 saturated heterocycles. The van der Waals surface area contributed by atoms with Crippen molar-refractivity contribution < 1.29 is 19.1 Å². The molecule has 190 valence electrons. The molecule has 3 fully saturated rings. The average molecular weight is 501 g/mol. The van der Waals surface area contributed by atoms with E-state index in [9.17, 15) is 14.4 Å². The normalized spacial score (nSPS) is 24.7. The van der Waals surface area contributed by atoms with Crippen molar-refractivity contribution in [3.05, 3.63) is 29.3 Å². The number of anilines is 1. The fourth-order valence-corrected chi connectivity index (χ4v) is 5.91. The van der Waals surface area contributed by atoms with Gasteiger partial charge >= 0.3 is 5.97 Å². The molecular formula is C26H36N4O4S. The highest BCUT2D eigenvalue weighted by atomic mass is 32.1. The van der Waals surface area contributed by atoms with E-state index >= 15 is 0 Å². The third kappa shape index (κ3) is 5.44. The number of piperazine rings is 1. The SMILES string of the molecule is COC(=O)C1CCC2C(=O)N(CCCC(=O)N3CCN(c4cccc(C)c4C)CC3)C(=S)NC2C1. The highest BCUT2D eigenvalue weighted by Gasteiger charge is 2.44. The van der Waals surface area contributed by atoms with E-state index in [0.717, 1.165) is 13.1 Å². The van der Waals surface area contributed by atoms with Crippen LogP contribution in [0.15, 0.2) is 18.2 Å². The van der Waals surface area contributed by atoms with Gasteiger partial charge in [0.15, 0.2) is 5.11 Å². The van der Waals surface area contributed by atoms with Gasteiger partial charge in [0, 0.05) is 50.9 Å². The fourth-order valence-electron chi connectivity index (χ4n) is 5.58. The number of aryl methyl sites for hydroxylation is 1. The number of carbonyl (C=O) groups excluding carboxylic acids is 3. The first-order chi connectivity index (χ1) is 16.8. The summed E-state index contributed by atoms with van der Waals surface area (Å²) in [6.45, 7) is 7.77. The Morgan fingerprint density at radius 1 is 1.14 bits per heavy atom. The van der Waals surface area contributed by atoms with Crippen molar-refractivity contribution in [2.75, 3.05) is 44.7 Å². The summed E-state index contributed by atoms with van der Waals surface area (Å²) in [7, 11) is 1.40. The van der Waals surface area contributed by atoms with Gasteiger partial charge in [0.25, 0.3) is 0 Å². The molecule has 8 nitrogen and oxygen atoms in total.